The van der Waals surface area contributed by atoms with Crippen LogP contribution in [0.25, 0.3) is 5.69 Å². The Labute approximate surface area is 167 Å². The Hall–Kier alpha value is -3.48. The fourth-order valence-corrected chi connectivity index (χ4v) is 3.45. The standard InChI is InChI=1S/C22H20FN3O3/c1-14-10-11-15(12-18(14)23)24-20(27)13-29-22(28)21-17-8-5-9-19(17)26(25-21)16-6-3-2-4-7-16/h2-4,6-7,10-12H,5,8-9,13H2,1H3,(H,24,27). The summed E-state index contributed by atoms with van der Waals surface area (Å²) >= 11 is 0. The van der Waals surface area contributed by atoms with Gasteiger partial charge in [0.05, 0.1) is 5.69 Å². The number of aryl methyl sites for hydroxylation is 1. The van der Waals surface area contributed by atoms with Crippen molar-refractivity contribution in [1.29, 1.82) is 0 Å². The van der Waals surface area contributed by atoms with Crippen LogP contribution in [0.5, 0.6) is 0 Å². The molecule has 1 amide bonds. The topological polar surface area (TPSA) is 73.2 Å². The van der Waals surface area contributed by atoms with Crippen LogP contribution in [0.2, 0.25) is 0 Å². The predicted octanol–water partition coefficient (Wildman–Crippen LogP) is 3.60. The number of hydrogen-bond donors (Lipinski definition) is 1. The molecular formula is C22H20FN3O3. The number of ether oxygens (including phenoxy) is 1. The van der Waals surface area contributed by atoms with Crippen molar-refractivity contribution in [3.05, 3.63) is 76.9 Å². The van der Waals surface area contributed by atoms with Crippen molar-refractivity contribution < 1.29 is 18.7 Å². The number of hydrogen-bond acceptors (Lipinski definition) is 4. The molecule has 1 aliphatic carbocycles. The van der Waals surface area contributed by atoms with Gasteiger partial charge >= 0.3 is 5.97 Å². The van der Waals surface area contributed by atoms with Crippen molar-refractivity contribution in [1.82, 2.24) is 9.78 Å². The third-order valence-electron chi connectivity index (χ3n) is 4.91. The zero-order valence-corrected chi connectivity index (χ0v) is 15.9. The second-order valence-electron chi connectivity index (χ2n) is 6.96. The Bertz CT molecular complexity index is 1080. The molecule has 7 heteroatoms. The molecule has 6 nitrogen and oxygen atoms in total. The Morgan fingerprint density at radius 3 is 2.72 bits per heavy atom. The van der Waals surface area contributed by atoms with Crippen LogP contribution in [0.3, 0.4) is 0 Å². The molecule has 4 rings (SSSR count). The lowest BCUT2D eigenvalue weighted by Crippen LogP contribution is -2.21. The number of anilines is 1. The van der Waals surface area contributed by atoms with Crippen molar-refractivity contribution in [2.24, 2.45) is 0 Å². The average Bonchev–Trinajstić information content (AvgIpc) is 3.32. The van der Waals surface area contributed by atoms with Crippen LogP contribution < -0.4 is 5.32 Å². The summed E-state index contributed by atoms with van der Waals surface area (Å²) in [6.45, 7) is 1.16. The van der Waals surface area contributed by atoms with Crippen LogP contribution in [-0.4, -0.2) is 28.3 Å². The third kappa shape index (κ3) is 3.89. The van der Waals surface area contributed by atoms with Crippen LogP contribution in [0.1, 0.15) is 33.7 Å². The van der Waals surface area contributed by atoms with Gasteiger partial charge in [-0.3, -0.25) is 4.79 Å². The summed E-state index contributed by atoms with van der Waals surface area (Å²) in [5, 5.41) is 6.96. The fourth-order valence-electron chi connectivity index (χ4n) is 3.45. The first-order valence-electron chi connectivity index (χ1n) is 9.42. The predicted molar refractivity (Wildman–Crippen MR) is 106 cm³/mol. The van der Waals surface area contributed by atoms with Crippen LogP contribution in [0.4, 0.5) is 10.1 Å². The summed E-state index contributed by atoms with van der Waals surface area (Å²) in [4.78, 5) is 24.6. The Morgan fingerprint density at radius 1 is 1.17 bits per heavy atom. The number of halogens is 1. The van der Waals surface area contributed by atoms with Crippen molar-refractivity contribution in [3.8, 4) is 5.69 Å². The number of carbonyl (C=O) groups excluding carboxylic acids is 2. The van der Waals surface area contributed by atoms with E-state index >= 15 is 0 Å². The summed E-state index contributed by atoms with van der Waals surface area (Å²) in [7, 11) is 0. The lowest BCUT2D eigenvalue weighted by atomic mass is 10.2. The number of carbonyl (C=O) groups is 2. The first-order valence-corrected chi connectivity index (χ1v) is 9.42. The number of nitrogens with zero attached hydrogens (tertiary/aromatic N) is 2. The van der Waals surface area contributed by atoms with Gasteiger partial charge in [-0.05, 0) is 56.0 Å². The molecular weight excluding hydrogens is 373 g/mol. The summed E-state index contributed by atoms with van der Waals surface area (Å²) in [6.07, 6.45) is 2.53. The van der Waals surface area contributed by atoms with E-state index in [4.69, 9.17) is 4.74 Å². The smallest absolute Gasteiger partial charge is 0.359 e. The molecule has 1 heterocycles. The molecule has 0 bridgehead atoms. The number of aromatic nitrogens is 2. The van der Waals surface area contributed by atoms with E-state index in [2.05, 4.69) is 10.4 Å². The van der Waals surface area contributed by atoms with Gasteiger partial charge in [-0.25, -0.2) is 13.9 Å². The Morgan fingerprint density at radius 2 is 1.97 bits per heavy atom. The van der Waals surface area contributed by atoms with Crippen LogP contribution in [0, 0.1) is 12.7 Å². The molecule has 29 heavy (non-hydrogen) atoms. The minimum Gasteiger partial charge on any atom is -0.451 e. The molecule has 0 aliphatic heterocycles. The minimum absolute atomic E-state index is 0.246. The summed E-state index contributed by atoms with van der Waals surface area (Å²) in [6, 6.07) is 14.0. The number of para-hydroxylation sites is 1. The number of rotatable bonds is 5. The lowest BCUT2D eigenvalue weighted by molar-refractivity contribution is -0.119. The van der Waals surface area contributed by atoms with Gasteiger partial charge in [0.25, 0.3) is 5.91 Å². The largest absolute Gasteiger partial charge is 0.451 e. The third-order valence-corrected chi connectivity index (χ3v) is 4.91. The Kier molecular flexibility index (Phi) is 5.12. The molecule has 0 spiro atoms. The van der Waals surface area contributed by atoms with E-state index < -0.39 is 24.3 Å². The molecule has 3 aromatic rings. The van der Waals surface area contributed by atoms with Gasteiger partial charge in [0.15, 0.2) is 12.3 Å². The first-order chi connectivity index (χ1) is 14.0. The molecule has 2 aromatic carbocycles. The van der Waals surface area contributed by atoms with E-state index in [-0.39, 0.29) is 5.69 Å². The summed E-state index contributed by atoms with van der Waals surface area (Å²) in [5.41, 5.74) is 3.79. The molecule has 0 fully saturated rings. The zero-order valence-electron chi connectivity index (χ0n) is 15.9. The SMILES string of the molecule is Cc1ccc(NC(=O)COC(=O)c2nn(-c3ccccc3)c3c2CCC3)cc1F. The number of fused-ring (bicyclic) bond motifs is 1. The van der Waals surface area contributed by atoms with E-state index in [9.17, 15) is 14.0 Å². The highest BCUT2D eigenvalue weighted by molar-refractivity contribution is 5.95. The van der Waals surface area contributed by atoms with Gasteiger partial charge in [-0.2, -0.15) is 5.10 Å². The first kappa shape index (κ1) is 18.9. The maximum atomic E-state index is 13.6. The average molecular weight is 393 g/mol. The molecule has 0 unspecified atom stereocenters. The van der Waals surface area contributed by atoms with E-state index in [1.54, 1.807) is 23.7 Å². The van der Waals surface area contributed by atoms with Gasteiger partial charge in [-0.1, -0.05) is 24.3 Å². The summed E-state index contributed by atoms with van der Waals surface area (Å²) in [5.74, 6) is -1.59. The quantitative estimate of drug-likeness (QED) is 0.672. The van der Waals surface area contributed by atoms with Crippen molar-refractivity contribution in [2.75, 3.05) is 11.9 Å². The molecule has 0 saturated heterocycles. The lowest BCUT2D eigenvalue weighted by Gasteiger charge is -2.07. The monoisotopic (exact) mass is 393 g/mol. The number of amides is 1. The molecule has 1 aromatic heterocycles. The maximum Gasteiger partial charge on any atom is 0.359 e. The van der Waals surface area contributed by atoms with Gasteiger partial charge in [0, 0.05) is 16.9 Å². The second kappa shape index (κ2) is 7.87. The van der Waals surface area contributed by atoms with Gasteiger partial charge in [-0.15, -0.1) is 0 Å². The van der Waals surface area contributed by atoms with E-state index in [1.807, 2.05) is 30.3 Å². The van der Waals surface area contributed by atoms with E-state index in [1.165, 1.54) is 6.07 Å². The van der Waals surface area contributed by atoms with Gasteiger partial charge in [0.2, 0.25) is 0 Å². The molecule has 0 atom stereocenters. The van der Waals surface area contributed by atoms with E-state index in [0.717, 1.165) is 36.2 Å². The minimum atomic E-state index is -0.636. The van der Waals surface area contributed by atoms with E-state index in [0.29, 0.717) is 11.3 Å². The highest BCUT2D eigenvalue weighted by Gasteiger charge is 2.28. The summed E-state index contributed by atoms with van der Waals surface area (Å²) < 4.78 is 20.5. The maximum absolute atomic E-state index is 13.6. The van der Waals surface area contributed by atoms with Crippen molar-refractivity contribution in [2.45, 2.75) is 26.2 Å². The van der Waals surface area contributed by atoms with Crippen LogP contribution in [0.15, 0.2) is 48.5 Å². The normalized spacial score (nSPS) is 12.5. The fraction of sp³-hybridized carbons (Fsp3) is 0.227. The molecule has 0 radical (unpaired) electrons. The Balaban J connectivity index is 1.45. The highest BCUT2D eigenvalue weighted by atomic mass is 19.1. The zero-order chi connectivity index (χ0) is 20.4. The number of nitrogens with one attached hydrogen (secondary N) is 1. The molecule has 148 valence electrons. The molecule has 1 N–H and O–H groups in total. The van der Waals surface area contributed by atoms with Gasteiger partial charge < -0.3 is 10.1 Å². The van der Waals surface area contributed by atoms with Gasteiger partial charge in [0.1, 0.15) is 5.82 Å². The molecule has 0 saturated carbocycles. The van der Waals surface area contributed by atoms with Crippen LogP contribution >= 0.6 is 0 Å². The van der Waals surface area contributed by atoms with Crippen molar-refractivity contribution >= 4 is 17.6 Å². The number of benzene rings is 2. The highest BCUT2D eigenvalue weighted by Crippen LogP contribution is 2.28. The van der Waals surface area contributed by atoms with Crippen molar-refractivity contribution in [3.63, 3.8) is 0 Å². The second-order valence-corrected chi connectivity index (χ2v) is 6.96. The number of esters is 1. The molecule has 1 aliphatic rings. The van der Waals surface area contributed by atoms with Crippen LogP contribution in [-0.2, 0) is 22.4 Å².